The highest BCUT2D eigenvalue weighted by atomic mass is 16.5. The average molecular weight is 332 g/mol. The molecule has 1 aliphatic rings. The van der Waals surface area contributed by atoms with Crippen molar-refractivity contribution in [1.29, 1.82) is 0 Å². The van der Waals surface area contributed by atoms with Crippen molar-refractivity contribution in [2.45, 2.75) is 46.0 Å². The predicted molar refractivity (Wildman–Crippen MR) is 94.0 cm³/mol. The minimum absolute atomic E-state index is 0.0148. The van der Waals surface area contributed by atoms with E-state index < -0.39 is 0 Å². The minimum Gasteiger partial charge on any atom is -0.484 e. The molecule has 2 rings (SSSR count). The molecule has 24 heavy (non-hydrogen) atoms. The summed E-state index contributed by atoms with van der Waals surface area (Å²) < 4.78 is 5.48. The normalized spacial score (nSPS) is 14.9. The highest BCUT2D eigenvalue weighted by molar-refractivity contribution is 5.79. The van der Waals surface area contributed by atoms with Gasteiger partial charge in [-0.3, -0.25) is 9.59 Å². The van der Waals surface area contributed by atoms with Crippen molar-refractivity contribution in [3.8, 4) is 5.75 Å². The Morgan fingerprint density at radius 2 is 1.75 bits per heavy atom. The maximum atomic E-state index is 12.0. The molecule has 1 aromatic carbocycles. The van der Waals surface area contributed by atoms with Crippen LogP contribution in [0.5, 0.6) is 5.75 Å². The molecule has 2 N–H and O–H groups in total. The molecule has 1 fully saturated rings. The molecule has 0 unspecified atom stereocenters. The molecule has 0 bridgehead atoms. The van der Waals surface area contributed by atoms with E-state index in [-0.39, 0.29) is 24.3 Å². The lowest BCUT2D eigenvalue weighted by Crippen LogP contribution is -2.39. The number of carbonyl (C=O) groups is 2. The highest BCUT2D eigenvalue weighted by Gasteiger charge is 2.20. The third-order valence-corrected chi connectivity index (χ3v) is 4.57. The van der Waals surface area contributed by atoms with E-state index >= 15 is 0 Å². The molecular formula is C19H28N2O3. The van der Waals surface area contributed by atoms with E-state index in [0.29, 0.717) is 18.8 Å². The van der Waals surface area contributed by atoms with Crippen LogP contribution in [0.15, 0.2) is 18.2 Å². The van der Waals surface area contributed by atoms with Crippen LogP contribution in [0.4, 0.5) is 0 Å². The Morgan fingerprint density at radius 3 is 2.46 bits per heavy atom. The van der Waals surface area contributed by atoms with Crippen LogP contribution in [0.2, 0.25) is 0 Å². The van der Waals surface area contributed by atoms with Gasteiger partial charge >= 0.3 is 0 Å². The Morgan fingerprint density at radius 1 is 1.04 bits per heavy atom. The number of ether oxygens (including phenoxy) is 1. The van der Waals surface area contributed by atoms with Gasteiger partial charge in [-0.05, 0) is 49.9 Å². The Kier molecular flexibility index (Phi) is 7.09. The number of rotatable bonds is 7. The zero-order chi connectivity index (χ0) is 17.4. The largest absolute Gasteiger partial charge is 0.484 e. The molecule has 0 aliphatic heterocycles. The van der Waals surface area contributed by atoms with E-state index in [1.807, 2.05) is 32.0 Å². The molecular weight excluding hydrogens is 304 g/mol. The molecule has 0 radical (unpaired) electrons. The van der Waals surface area contributed by atoms with E-state index in [1.165, 1.54) is 12.0 Å². The molecule has 0 spiro atoms. The van der Waals surface area contributed by atoms with Crippen LogP contribution in [-0.4, -0.2) is 31.5 Å². The Bertz CT molecular complexity index is 566. The summed E-state index contributed by atoms with van der Waals surface area (Å²) in [6.45, 7) is 4.92. The maximum Gasteiger partial charge on any atom is 0.258 e. The summed E-state index contributed by atoms with van der Waals surface area (Å²) in [6.07, 6.45) is 5.50. The molecule has 132 valence electrons. The van der Waals surface area contributed by atoms with Gasteiger partial charge in [0.1, 0.15) is 5.75 Å². The molecule has 5 heteroatoms. The lowest BCUT2D eigenvalue weighted by atomic mass is 9.89. The van der Waals surface area contributed by atoms with Crippen LogP contribution in [0.3, 0.4) is 0 Å². The zero-order valence-corrected chi connectivity index (χ0v) is 14.7. The lowest BCUT2D eigenvalue weighted by molar-refractivity contribution is -0.126. The van der Waals surface area contributed by atoms with Gasteiger partial charge in [0.2, 0.25) is 5.91 Å². The Hall–Kier alpha value is -2.04. The first-order chi connectivity index (χ1) is 11.6. The molecule has 0 heterocycles. The van der Waals surface area contributed by atoms with Crippen LogP contribution >= 0.6 is 0 Å². The first-order valence-electron chi connectivity index (χ1n) is 8.80. The zero-order valence-electron chi connectivity index (χ0n) is 14.7. The molecule has 0 saturated heterocycles. The number of amides is 2. The summed E-state index contributed by atoms with van der Waals surface area (Å²) in [5, 5.41) is 5.66. The molecule has 5 nitrogen and oxygen atoms in total. The summed E-state index contributed by atoms with van der Waals surface area (Å²) in [6, 6.07) is 5.76. The van der Waals surface area contributed by atoms with E-state index in [1.54, 1.807) is 0 Å². The number of hydrogen-bond donors (Lipinski definition) is 2. The predicted octanol–water partition coefficient (Wildman–Crippen LogP) is 2.49. The fourth-order valence-electron chi connectivity index (χ4n) is 2.90. The fourth-order valence-corrected chi connectivity index (χ4v) is 2.90. The quantitative estimate of drug-likeness (QED) is 0.754. The SMILES string of the molecule is Cc1ccc(OCC(=O)NCCNC(=O)C2CCCCC2)cc1C. The molecule has 0 atom stereocenters. The number of benzene rings is 1. The molecule has 1 saturated carbocycles. The van der Waals surface area contributed by atoms with Crippen LogP contribution in [0, 0.1) is 19.8 Å². The van der Waals surface area contributed by atoms with Gasteiger partial charge < -0.3 is 15.4 Å². The molecule has 0 aromatic heterocycles. The highest BCUT2D eigenvalue weighted by Crippen LogP contribution is 2.23. The van der Waals surface area contributed by atoms with Gasteiger partial charge in [0, 0.05) is 19.0 Å². The van der Waals surface area contributed by atoms with Crippen molar-refractivity contribution in [3.63, 3.8) is 0 Å². The average Bonchev–Trinajstić information content (AvgIpc) is 2.60. The van der Waals surface area contributed by atoms with Gasteiger partial charge in [0.05, 0.1) is 0 Å². The van der Waals surface area contributed by atoms with Crippen molar-refractivity contribution in [1.82, 2.24) is 10.6 Å². The fraction of sp³-hybridized carbons (Fsp3) is 0.579. The third kappa shape index (κ3) is 5.87. The standard InChI is InChI=1S/C19H28N2O3/c1-14-8-9-17(12-15(14)2)24-13-18(22)20-10-11-21-19(23)16-6-4-3-5-7-16/h8-9,12,16H,3-7,10-11,13H2,1-2H3,(H,20,22)(H,21,23). The summed E-state index contributed by atoms with van der Waals surface area (Å²) in [4.78, 5) is 23.7. The first kappa shape index (κ1) is 18.3. The van der Waals surface area contributed by atoms with Gasteiger partial charge in [-0.2, -0.15) is 0 Å². The van der Waals surface area contributed by atoms with E-state index in [0.717, 1.165) is 31.2 Å². The monoisotopic (exact) mass is 332 g/mol. The second-order valence-corrected chi connectivity index (χ2v) is 6.51. The summed E-state index contributed by atoms with van der Waals surface area (Å²) in [7, 11) is 0. The second kappa shape index (κ2) is 9.30. The van der Waals surface area contributed by atoms with Crippen molar-refractivity contribution >= 4 is 11.8 Å². The van der Waals surface area contributed by atoms with Crippen LogP contribution < -0.4 is 15.4 Å². The number of carbonyl (C=O) groups excluding carboxylic acids is 2. The topological polar surface area (TPSA) is 67.4 Å². The van der Waals surface area contributed by atoms with Crippen molar-refractivity contribution in [3.05, 3.63) is 29.3 Å². The summed E-state index contributed by atoms with van der Waals surface area (Å²) in [5.41, 5.74) is 2.33. The Balaban J connectivity index is 1.59. The van der Waals surface area contributed by atoms with Gasteiger partial charge in [-0.1, -0.05) is 25.3 Å². The van der Waals surface area contributed by atoms with E-state index in [9.17, 15) is 9.59 Å². The van der Waals surface area contributed by atoms with Crippen LogP contribution in [0.25, 0.3) is 0 Å². The maximum absolute atomic E-state index is 12.0. The summed E-state index contributed by atoms with van der Waals surface area (Å²) in [5.74, 6) is 0.789. The van der Waals surface area contributed by atoms with Gasteiger partial charge in [-0.15, -0.1) is 0 Å². The molecule has 2 amide bonds. The van der Waals surface area contributed by atoms with Crippen LogP contribution in [-0.2, 0) is 9.59 Å². The summed E-state index contributed by atoms with van der Waals surface area (Å²) >= 11 is 0. The Labute approximate surface area is 144 Å². The minimum atomic E-state index is -0.180. The number of hydrogen-bond acceptors (Lipinski definition) is 3. The number of nitrogens with one attached hydrogen (secondary N) is 2. The molecule has 1 aliphatic carbocycles. The van der Waals surface area contributed by atoms with Crippen molar-refractivity contribution in [2.75, 3.05) is 19.7 Å². The number of aryl methyl sites for hydroxylation is 2. The second-order valence-electron chi connectivity index (χ2n) is 6.51. The third-order valence-electron chi connectivity index (χ3n) is 4.57. The lowest BCUT2D eigenvalue weighted by Gasteiger charge is -2.20. The van der Waals surface area contributed by atoms with Gasteiger partial charge in [0.15, 0.2) is 6.61 Å². The van der Waals surface area contributed by atoms with E-state index in [4.69, 9.17) is 4.74 Å². The van der Waals surface area contributed by atoms with Gasteiger partial charge in [0.25, 0.3) is 5.91 Å². The first-order valence-corrected chi connectivity index (χ1v) is 8.80. The van der Waals surface area contributed by atoms with Crippen LogP contribution in [0.1, 0.15) is 43.2 Å². The van der Waals surface area contributed by atoms with Crippen molar-refractivity contribution < 1.29 is 14.3 Å². The van der Waals surface area contributed by atoms with E-state index in [2.05, 4.69) is 10.6 Å². The van der Waals surface area contributed by atoms with Crippen molar-refractivity contribution in [2.24, 2.45) is 5.92 Å². The molecule has 1 aromatic rings. The smallest absolute Gasteiger partial charge is 0.258 e. The van der Waals surface area contributed by atoms with Gasteiger partial charge in [-0.25, -0.2) is 0 Å².